The van der Waals surface area contributed by atoms with E-state index in [1.807, 2.05) is 0 Å². The van der Waals surface area contributed by atoms with Crippen molar-refractivity contribution in [1.29, 1.82) is 0 Å². The molecule has 1 aromatic heterocycles. The van der Waals surface area contributed by atoms with Crippen molar-refractivity contribution in [3.63, 3.8) is 0 Å². The van der Waals surface area contributed by atoms with Crippen molar-refractivity contribution in [2.24, 2.45) is 5.10 Å². The van der Waals surface area contributed by atoms with Crippen LogP contribution in [0.1, 0.15) is 16.1 Å². The van der Waals surface area contributed by atoms with Crippen molar-refractivity contribution in [2.75, 3.05) is 6.61 Å². The van der Waals surface area contributed by atoms with E-state index < -0.39 is 18.5 Å². The number of aliphatic carboxylic acids is 1. The number of rotatable bonds is 6. The molecule has 0 unspecified atom stereocenters. The Bertz CT molecular complexity index is 669. The molecule has 0 bridgehead atoms. The number of carboxylic acid groups (broad SMARTS) is 1. The zero-order valence-electron chi connectivity index (χ0n) is 11.4. The molecule has 0 aliphatic rings. The van der Waals surface area contributed by atoms with Crippen molar-refractivity contribution in [1.82, 2.24) is 10.4 Å². The summed E-state index contributed by atoms with van der Waals surface area (Å²) in [4.78, 5) is 25.8. The standard InChI is InChI=1S/C15H13N3O4/c19-14(20)10-22-12-6-4-11(5-7-12)9-17-18-15(21)13-3-1-2-8-16-13/h1-9H,10H2,(H,18,21)(H,19,20)/p-1/b17-9-. The SMILES string of the molecule is O=C([O-])COc1ccc(/C=N\NC(=O)c2ccccn2)cc1. The maximum absolute atomic E-state index is 11.7. The normalized spacial score (nSPS) is 10.4. The summed E-state index contributed by atoms with van der Waals surface area (Å²) in [5.74, 6) is -1.30. The first-order valence-electron chi connectivity index (χ1n) is 6.32. The Balaban J connectivity index is 1.88. The second-order valence-electron chi connectivity index (χ2n) is 4.14. The molecule has 0 aliphatic heterocycles. The van der Waals surface area contributed by atoms with Gasteiger partial charge in [0.15, 0.2) is 0 Å². The summed E-state index contributed by atoms with van der Waals surface area (Å²) in [6, 6.07) is 11.5. The van der Waals surface area contributed by atoms with E-state index in [-0.39, 0.29) is 5.69 Å². The van der Waals surface area contributed by atoms with Gasteiger partial charge in [-0.2, -0.15) is 5.10 Å². The van der Waals surface area contributed by atoms with Crippen molar-refractivity contribution < 1.29 is 19.4 Å². The molecule has 112 valence electrons. The van der Waals surface area contributed by atoms with E-state index in [9.17, 15) is 14.7 Å². The van der Waals surface area contributed by atoms with E-state index >= 15 is 0 Å². The van der Waals surface area contributed by atoms with Crippen LogP contribution in [-0.2, 0) is 4.79 Å². The first-order valence-corrected chi connectivity index (χ1v) is 6.32. The van der Waals surface area contributed by atoms with Gasteiger partial charge in [0.1, 0.15) is 18.1 Å². The summed E-state index contributed by atoms with van der Waals surface area (Å²) in [6.07, 6.45) is 2.97. The molecule has 0 fully saturated rings. The number of pyridine rings is 1. The van der Waals surface area contributed by atoms with Crippen LogP contribution in [0.15, 0.2) is 53.8 Å². The molecule has 22 heavy (non-hydrogen) atoms. The topological polar surface area (TPSA) is 104 Å². The van der Waals surface area contributed by atoms with Gasteiger partial charge in [0.25, 0.3) is 5.91 Å². The number of ether oxygens (including phenoxy) is 1. The minimum atomic E-state index is -1.29. The maximum atomic E-state index is 11.7. The summed E-state index contributed by atoms with van der Waals surface area (Å²) >= 11 is 0. The quantitative estimate of drug-likeness (QED) is 0.596. The molecular formula is C15H12N3O4-. The molecule has 1 aromatic carbocycles. The number of amides is 1. The lowest BCUT2D eigenvalue weighted by Gasteiger charge is -2.06. The van der Waals surface area contributed by atoms with Crippen LogP contribution < -0.4 is 15.3 Å². The van der Waals surface area contributed by atoms with Gasteiger partial charge in [-0.15, -0.1) is 0 Å². The number of hydrogen-bond donors (Lipinski definition) is 1. The van der Waals surface area contributed by atoms with Crippen LogP contribution in [0, 0.1) is 0 Å². The fraction of sp³-hybridized carbons (Fsp3) is 0.0667. The number of nitrogens with one attached hydrogen (secondary N) is 1. The van der Waals surface area contributed by atoms with Crippen molar-refractivity contribution in [2.45, 2.75) is 0 Å². The summed E-state index contributed by atoms with van der Waals surface area (Å²) in [6.45, 7) is -0.506. The molecule has 2 rings (SSSR count). The number of carbonyl (C=O) groups excluding carboxylic acids is 2. The Hall–Kier alpha value is -3.22. The number of carboxylic acids is 1. The van der Waals surface area contributed by atoms with Crippen LogP contribution in [0.2, 0.25) is 0 Å². The summed E-state index contributed by atoms with van der Waals surface area (Å²) in [7, 11) is 0. The van der Waals surface area contributed by atoms with Gasteiger partial charge in [-0.1, -0.05) is 6.07 Å². The summed E-state index contributed by atoms with van der Waals surface area (Å²) in [5.41, 5.74) is 3.33. The predicted octanol–water partition coefficient (Wildman–Crippen LogP) is -0.0258. The Morgan fingerprint density at radius 1 is 1.23 bits per heavy atom. The van der Waals surface area contributed by atoms with Gasteiger partial charge in [-0.05, 0) is 42.0 Å². The second kappa shape index (κ2) is 7.53. The fourth-order valence-corrected chi connectivity index (χ4v) is 1.51. The first-order chi connectivity index (χ1) is 10.6. The molecule has 0 saturated carbocycles. The number of carbonyl (C=O) groups is 2. The van der Waals surface area contributed by atoms with Crippen LogP contribution in [-0.4, -0.2) is 29.7 Å². The van der Waals surface area contributed by atoms with Crippen molar-refractivity contribution in [3.05, 3.63) is 59.9 Å². The van der Waals surface area contributed by atoms with Gasteiger partial charge < -0.3 is 14.6 Å². The van der Waals surface area contributed by atoms with E-state index in [0.717, 1.165) is 0 Å². The number of nitrogens with zero attached hydrogens (tertiary/aromatic N) is 2. The lowest BCUT2D eigenvalue weighted by molar-refractivity contribution is -0.307. The number of hydrazone groups is 1. The molecule has 0 spiro atoms. The minimum absolute atomic E-state index is 0.269. The van der Waals surface area contributed by atoms with Crippen LogP contribution in [0.4, 0.5) is 0 Å². The Morgan fingerprint density at radius 3 is 2.64 bits per heavy atom. The van der Waals surface area contributed by atoms with Gasteiger partial charge in [-0.25, -0.2) is 5.43 Å². The Morgan fingerprint density at radius 2 is 2.00 bits per heavy atom. The van der Waals surface area contributed by atoms with E-state index in [2.05, 4.69) is 15.5 Å². The lowest BCUT2D eigenvalue weighted by atomic mass is 10.2. The molecule has 1 N–H and O–H groups in total. The fourth-order valence-electron chi connectivity index (χ4n) is 1.51. The average Bonchev–Trinajstić information content (AvgIpc) is 2.55. The van der Waals surface area contributed by atoms with Crippen LogP contribution in [0.25, 0.3) is 0 Å². The number of aromatic nitrogens is 1. The molecule has 0 atom stereocenters. The third-order valence-corrected chi connectivity index (χ3v) is 2.51. The Labute approximate surface area is 126 Å². The highest BCUT2D eigenvalue weighted by Gasteiger charge is 2.03. The molecule has 7 heteroatoms. The van der Waals surface area contributed by atoms with E-state index in [4.69, 9.17) is 4.74 Å². The van der Waals surface area contributed by atoms with Crippen molar-refractivity contribution >= 4 is 18.1 Å². The molecule has 0 radical (unpaired) electrons. The molecule has 1 heterocycles. The van der Waals surface area contributed by atoms with Gasteiger partial charge in [0.2, 0.25) is 0 Å². The van der Waals surface area contributed by atoms with Crippen molar-refractivity contribution in [3.8, 4) is 5.75 Å². The van der Waals surface area contributed by atoms with Gasteiger partial charge in [-0.3, -0.25) is 9.78 Å². The second-order valence-corrected chi connectivity index (χ2v) is 4.14. The zero-order valence-corrected chi connectivity index (χ0v) is 11.4. The largest absolute Gasteiger partial charge is 0.546 e. The predicted molar refractivity (Wildman–Crippen MR) is 76.2 cm³/mol. The highest BCUT2D eigenvalue weighted by atomic mass is 16.5. The van der Waals surface area contributed by atoms with Crippen LogP contribution in [0.3, 0.4) is 0 Å². The molecular weight excluding hydrogens is 286 g/mol. The number of hydrogen-bond acceptors (Lipinski definition) is 6. The summed E-state index contributed by atoms with van der Waals surface area (Å²) in [5, 5.41) is 14.1. The van der Waals surface area contributed by atoms with Gasteiger partial charge in [0.05, 0.1) is 12.2 Å². The van der Waals surface area contributed by atoms with E-state index in [0.29, 0.717) is 11.3 Å². The van der Waals surface area contributed by atoms with E-state index in [1.54, 1.807) is 42.5 Å². The lowest BCUT2D eigenvalue weighted by Crippen LogP contribution is -2.28. The molecule has 7 nitrogen and oxygen atoms in total. The molecule has 0 saturated heterocycles. The monoisotopic (exact) mass is 298 g/mol. The molecule has 2 aromatic rings. The van der Waals surface area contributed by atoms with Gasteiger partial charge in [0, 0.05) is 6.20 Å². The molecule has 0 aliphatic carbocycles. The number of benzene rings is 1. The minimum Gasteiger partial charge on any atom is -0.546 e. The Kier molecular flexibility index (Phi) is 5.20. The zero-order chi connectivity index (χ0) is 15.8. The van der Waals surface area contributed by atoms with E-state index in [1.165, 1.54) is 12.4 Å². The smallest absolute Gasteiger partial charge is 0.289 e. The third kappa shape index (κ3) is 4.71. The van der Waals surface area contributed by atoms with Crippen LogP contribution >= 0.6 is 0 Å². The maximum Gasteiger partial charge on any atom is 0.289 e. The molecule has 1 amide bonds. The first kappa shape index (κ1) is 15.2. The van der Waals surface area contributed by atoms with Crippen LogP contribution in [0.5, 0.6) is 5.75 Å². The highest BCUT2D eigenvalue weighted by Crippen LogP contribution is 2.10. The average molecular weight is 298 g/mol. The highest BCUT2D eigenvalue weighted by molar-refractivity contribution is 5.93. The summed E-state index contributed by atoms with van der Waals surface area (Å²) < 4.78 is 4.94. The third-order valence-electron chi connectivity index (χ3n) is 2.51. The van der Waals surface area contributed by atoms with Gasteiger partial charge >= 0.3 is 0 Å².